The van der Waals surface area contributed by atoms with Gasteiger partial charge in [0.25, 0.3) is 0 Å². The molecule has 21 heteroatoms. The summed E-state index contributed by atoms with van der Waals surface area (Å²) in [7, 11) is 0. The van der Waals surface area contributed by atoms with Gasteiger partial charge in [0.2, 0.25) is 17.7 Å². The molecular formula is C60H65ClF4N10O5S. The number of carbonyl (C=O) groups excluding carboxylic acids is 3. The molecule has 7 heterocycles. The fourth-order valence-corrected chi connectivity index (χ4v) is 14.4. The molecule has 0 radical (unpaired) electrons. The van der Waals surface area contributed by atoms with E-state index < -0.39 is 64.7 Å². The number of aliphatic hydroxyl groups excluding tert-OH is 1. The Hall–Kier alpha value is -6.63. The van der Waals surface area contributed by atoms with E-state index in [9.17, 15) is 33.5 Å². The van der Waals surface area contributed by atoms with Gasteiger partial charge in [0.05, 0.1) is 33.0 Å². The molecule has 5 N–H and O–H groups in total. The number of fused-ring (bicyclic) bond motifs is 4. The van der Waals surface area contributed by atoms with Gasteiger partial charge in [-0.2, -0.15) is 15.2 Å². The number of benzene rings is 4. The van der Waals surface area contributed by atoms with Crippen molar-refractivity contribution in [1.29, 1.82) is 5.26 Å². The minimum atomic E-state index is -1.01. The number of halogens is 5. The van der Waals surface area contributed by atoms with E-state index in [1.54, 1.807) is 42.2 Å². The highest BCUT2D eigenvalue weighted by Gasteiger charge is 2.50. The zero-order valence-electron chi connectivity index (χ0n) is 45.6. The molecule has 5 aliphatic rings. The van der Waals surface area contributed by atoms with Crippen molar-refractivity contribution in [1.82, 2.24) is 35.3 Å². The quantitative estimate of drug-likeness (QED) is 0.0713. The Morgan fingerprint density at radius 2 is 1.70 bits per heavy atom. The number of nitrogens with zero attached hydrogens (tertiary/aromatic N) is 7. The lowest BCUT2D eigenvalue weighted by Crippen LogP contribution is -2.59. The number of carbonyl (C=O) groups is 3. The van der Waals surface area contributed by atoms with E-state index in [0.29, 0.717) is 61.2 Å². The lowest BCUT2D eigenvalue weighted by Gasteiger charge is -2.43. The smallest absolute Gasteiger partial charge is 0.319 e. The van der Waals surface area contributed by atoms with Crippen molar-refractivity contribution in [2.24, 2.45) is 5.41 Å². The van der Waals surface area contributed by atoms with E-state index in [1.165, 1.54) is 35.2 Å². The van der Waals surface area contributed by atoms with E-state index in [2.05, 4.69) is 26.5 Å². The molecule has 6 aromatic rings. The summed E-state index contributed by atoms with van der Waals surface area (Å²) in [5.41, 5.74) is 6.47. The van der Waals surface area contributed by atoms with Gasteiger partial charge >= 0.3 is 6.01 Å². The van der Waals surface area contributed by atoms with Crippen LogP contribution in [0.5, 0.6) is 6.01 Å². The summed E-state index contributed by atoms with van der Waals surface area (Å²) in [5.74, 6) is -3.26. The number of aliphatic hydroxyl groups is 1. The summed E-state index contributed by atoms with van der Waals surface area (Å²) >= 11 is 7.89. The highest BCUT2D eigenvalue weighted by molar-refractivity contribution is 7.23. The number of anilines is 2. The number of nitrogens with two attached hydrogens (primary N) is 1. The van der Waals surface area contributed by atoms with Gasteiger partial charge in [0.15, 0.2) is 5.82 Å². The summed E-state index contributed by atoms with van der Waals surface area (Å²) in [4.78, 5) is 60.2. The van der Waals surface area contributed by atoms with Crippen molar-refractivity contribution in [3.63, 3.8) is 0 Å². The maximum Gasteiger partial charge on any atom is 0.319 e. The molecule has 5 fully saturated rings. The number of amides is 3. The second kappa shape index (κ2) is 22.6. The van der Waals surface area contributed by atoms with Gasteiger partial charge in [0.1, 0.15) is 58.5 Å². The largest absolute Gasteiger partial charge is 0.462 e. The van der Waals surface area contributed by atoms with Crippen LogP contribution in [0, 0.1) is 40.0 Å². The van der Waals surface area contributed by atoms with Crippen LogP contribution in [-0.2, 0) is 14.4 Å². The molecule has 2 unspecified atom stereocenters. The number of hydrogen-bond acceptors (Lipinski definition) is 13. The molecule has 0 spiro atoms. The van der Waals surface area contributed by atoms with E-state index in [1.807, 2.05) is 20.8 Å². The van der Waals surface area contributed by atoms with Gasteiger partial charge < -0.3 is 40.9 Å². The Morgan fingerprint density at radius 3 is 2.41 bits per heavy atom. The molecule has 81 heavy (non-hydrogen) atoms. The Labute approximate surface area is 476 Å². The fourth-order valence-electron chi connectivity index (χ4n) is 13.1. The van der Waals surface area contributed by atoms with E-state index in [4.69, 9.17) is 32.0 Å². The summed E-state index contributed by atoms with van der Waals surface area (Å²) in [6, 6.07) is 14.2. The normalized spacial score (nSPS) is 23.0. The highest BCUT2D eigenvalue weighted by Crippen LogP contribution is 2.46. The van der Waals surface area contributed by atoms with Gasteiger partial charge in [-0.1, -0.05) is 68.8 Å². The molecule has 5 saturated heterocycles. The molecule has 11 rings (SSSR count). The molecule has 4 aromatic carbocycles. The number of hydrogen-bond donors (Lipinski definition) is 4. The molecule has 15 nitrogen and oxygen atoms in total. The van der Waals surface area contributed by atoms with Crippen molar-refractivity contribution in [3.8, 4) is 34.3 Å². The number of rotatable bonds is 15. The molecule has 2 aromatic heterocycles. The monoisotopic (exact) mass is 1150 g/mol. The minimum Gasteiger partial charge on any atom is -0.462 e. The third-order valence-electron chi connectivity index (χ3n) is 17.0. The van der Waals surface area contributed by atoms with E-state index in [0.717, 1.165) is 43.6 Å². The number of nitrogen functional groups attached to an aromatic ring is 1. The zero-order valence-corrected chi connectivity index (χ0v) is 47.2. The predicted molar refractivity (Wildman–Crippen MR) is 303 cm³/mol. The molecule has 3 amide bonds. The van der Waals surface area contributed by atoms with Crippen LogP contribution in [0.25, 0.3) is 43.2 Å². The van der Waals surface area contributed by atoms with Gasteiger partial charge in [-0.25, -0.2) is 17.6 Å². The summed E-state index contributed by atoms with van der Waals surface area (Å²) < 4.78 is 68.2. The number of nitrogens with one attached hydrogen (secondary N) is 2. The van der Waals surface area contributed by atoms with Crippen molar-refractivity contribution in [2.75, 3.05) is 50.0 Å². The van der Waals surface area contributed by atoms with Crippen LogP contribution in [0.2, 0.25) is 5.02 Å². The third kappa shape index (κ3) is 10.9. The molecule has 0 aliphatic carbocycles. The van der Waals surface area contributed by atoms with Gasteiger partial charge in [-0.05, 0) is 111 Å². The number of thiophene rings is 1. The van der Waals surface area contributed by atoms with Crippen LogP contribution in [0.15, 0.2) is 60.7 Å². The first kappa shape index (κ1) is 56.2. The number of ether oxygens (including phenoxy) is 1. The van der Waals surface area contributed by atoms with Crippen molar-refractivity contribution in [2.45, 2.75) is 134 Å². The van der Waals surface area contributed by atoms with Crippen LogP contribution >= 0.6 is 22.9 Å². The number of β-amino-alcohol motifs (C(OH)–C–C–N with tert-alkyl or cyclic N) is 1. The lowest BCUT2D eigenvalue weighted by atomic mass is 9.83. The predicted octanol–water partition coefficient (Wildman–Crippen LogP) is 9.65. The topological polar surface area (TPSA) is 193 Å². The van der Waals surface area contributed by atoms with Gasteiger partial charge in [-0.15, -0.1) is 11.3 Å². The Morgan fingerprint density at radius 1 is 0.975 bits per heavy atom. The highest BCUT2D eigenvalue weighted by atomic mass is 35.5. The van der Waals surface area contributed by atoms with Gasteiger partial charge in [-0.3, -0.25) is 19.3 Å². The first-order chi connectivity index (χ1) is 38.8. The fraction of sp³-hybridized carbons (Fsp3) is 0.467. The Bertz CT molecular complexity index is 3450. The minimum absolute atomic E-state index is 0.00617. The SMILES string of the molecule is C[C@H](NC(=O)[C@@H]1C[C@@H](O)CN1C(=O)[C@@H](N1C(=O)CC[C@@H]1CCCN1CCC[C@H]1COc1nc(N2CC3CCC(C2)N3)c2cc(Cl)c(-c3ccc(F)c4sc(N)c(C#N)c34)c(F)c2n1)C(C)(C)C)c1ccc(-c2c(F)cccc2F)cc1. The van der Waals surface area contributed by atoms with Crippen LogP contribution in [-0.4, -0.2) is 129 Å². The molecule has 5 aliphatic heterocycles. The second-order valence-corrected chi connectivity index (χ2v) is 24.9. The molecule has 8 atom stereocenters. The standard InChI is InChI=1S/C60H65ClF4N10O5S/c1-31(32-12-14-33(15-13-32)48-43(62)10-5-11-44(48)63)68-57(78)46-24-38(76)29-74(46)58(79)54(60(2,3)4)75-36(18-21-47(75)77)8-6-22-72-23-7-9-37(72)30-80-59-70-52-40(56(71-59)73-27-34-16-17-35(28-73)69-34)25-42(61)50(51(52)65)39-19-20-45(64)53-49(39)41(26-66)55(67)81-53/h5,10-15,19-20,25,31,34-38,46,54,69,76H,6-9,16-18,21-24,27-30,67H2,1-4H3,(H,68,78)/t31-,34?,35?,36-,37-,38+,46-,54+/m0/s1. The average Bonchev–Trinajstić information content (AvgIpc) is 4.03. The number of piperazine rings is 1. The summed E-state index contributed by atoms with van der Waals surface area (Å²) in [5, 5.41) is 28.4. The second-order valence-electron chi connectivity index (χ2n) is 23.5. The number of likely N-dealkylation sites (tertiary alicyclic amines) is 3. The zero-order chi connectivity index (χ0) is 57.2. The molecule has 426 valence electrons. The summed E-state index contributed by atoms with van der Waals surface area (Å²) in [6.07, 6.45) is 4.93. The first-order valence-electron chi connectivity index (χ1n) is 27.9. The Balaban J connectivity index is 0.775. The molecular weight excluding hydrogens is 1080 g/mol. The average molecular weight is 1150 g/mol. The van der Waals surface area contributed by atoms with Crippen molar-refractivity contribution >= 4 is 72.5 Å². The molecule has 0 saturated carbocycles. The van der Waals surface area contributed by atoms with Crippen LogP contribution in [0.4, 0.5) is 28.4 Å². The first-order valence-corrected chi connectivity index (χ1v) is 29.1. The maximum atomic E-state index is 17.4. The Kier molecular flexibility index (Phi) is 15.7. The van der Waals surface area contributed by atoms with Crippen molar-refractivity contribution in [3.05, 3.63) is 100 Å². The third-order valence-corrected chi connectivity index (χ3v) is 18.4. The van der Waals surface area contributed by atoms with Gasteiger partial charge in [0, 0.05) is 73.0 Å². The number of nitriles is 1. The van der Waals surface area contributed by atoms with E-state index in [-0.39, 0.29) is 110 Å². The van der Waals surface area contributed by atoms with Crippen LogP contribution < -0.4 is 26.0 Å². The molecule has 2 bridgehead atoms. The maximum absolute atomic E-state index is 17.4. The summed E-state index contributed by atoms with van der Waals surface area (Å²) in [6.45, 7) is 10.4. The lowest BCUT2D eigenvalue weighted by molar-refractivity contribution is -0.152. The van der Waals surface area contributed by atoms with Crippen molar-refractivity contribution < 1.29 is 41.8 Å². The van der Waals surface area contributed by atoms with Crippen LogP contribution in [0.3, 0.4) is 0 Å². The number of aromatic nitrogens is 2. The van der Waals surface area contributed by atoms with E-state index >= 15 is 8.78 Å². The van der Waals surface area contributed by atoms with Crippen LogP contribution in [0.1, 0.15) is 103 Å².